The minimum Gasteiger partial charge on any atom is -0.497 e. The fraction of sp³-hybridized carbons (Fsp3) is 0.133. The molecule has 98 valence electrons. The molecule has 2 aromatic carbocycles. The Hall–Kier alpha value is -2.20. The van der Waals surface area contributed by atoms with E-state index in [9.17, 15) is 14.3 Å². The van der Waals surface area contributed by atoms with Crippen molar-refractivity contribution in [2.75, 3.05) is 7.11 Å². The van der Waals surface area contributed by atoms with Crippen molar-refractivity contribution in [2.45, 2.75) is 6.10 Å². The van der Waals surface area contributed by atoms with Crippen LogP contribution in [-0.2, 0) is 0 Å². The molecule has 0 radical (unpaired) electrons. The summed E-state index contributed by atoms with van der Waals surface area (Å²) in [7, 11) is 1.53. The molecule has 0 aliphatic rings. The fourth-order valence-electron chi connectivity index (χ4n) is 1.74. The van der Waals surface area contributed by atoms with Crippen LogP contribution in [0.1, 0.15) is 22.0 Å². The predicted molar refractivity (Wildman–Crippen MR) is 68.7 cm³/mol. The molecule has 1 N–H and O–H groups in total. The first-order valence-corrected chi connectivity index (χ1v) is 5.73. The number of hydrogen-bond donors (Lipinski definition) is 1. The molecule has 2 aromatic rings. The lowest BCUT2D eigenvalue weighted by Crippen LogP contribution is -2.12. The highest BCUT2D eigenvalue weighted by Gasteiger charge is 2.19. The second-order valence-electron chi connectivity index (χ2n) is 4.05. The SMILES string of the molecule is COc1ccc(C(=O)C(O)c2cccc(F)c2)cc1. The molecule has 0 heterocycles. The summed E-state index contributed by atoms with van der Waals surface area (Å²) in [6, 6.07) is 11.7. The molecule has 0 aromatic heterocycles. The third-order valence-electron chi connectivity index (χ3n) is 2.79. The Balaban J connectivity index is 2.23. The summed E-state index contributed by atoms with van der Waals surface area (Å²) >= 11 is 0. The molecule has 0 amide bonds. The monoisotopic (exact) mass is 260 g/mol. The van der Waals surface area contributed by atoms with E-state index < -0.39 is 17.7 Å². The van der Waals surface area contributed by atoms with Gasteiger partial charge in [0.05, 0.1) is 7.11 Å². The lowest BCUT2D eigenvalue weighted by molar-refractivity contribution is 0.0747. The van der Waals surface area contributed by atoms with Gasteiger partial charge in [0.2, 0.25) is 0 Å². The number of aliphatic hydroxyl groups is 1. The lowest BCUT2D eigenvalue weighted by atomic mass is 10.00. The van der Waals surface area contributed by atoms with E-state index in [0.29, 0.717) is 11.3 Å². The average molecular weight is 260 g/mol. The number of carbonyl (C=O) groups excluding carboxylic acids is 1. The molecular formula is C15H13FO3. The van der Waals surface area contributed by atoms with Crippen LogP contribution in [0.2, 0.25) is 0 Å². The first-order valence-electron chi connectivity index (χ1n) is 5.73. The maximum atomic E-state index is 13.1. The van der Waals surface area contributed by atoms with Crippen molar-refractivity contribution in [3.05, 3.63) is 65.5 Å². The molecule has 0 saturated carbocycles. The highest BCUT2D eigenvalue weighted by molar-refractivity contribution is 5.99. The molecule has 1 atom stereocenters. The molecular weight excluding hydrogens is 247 g/mol. The van der Waals surface area contributed by atoms with Crippen molar-refractivity contribution in [2.24, 2.45) is 0 Å². The Kier molecular flexibility index (Phi) is 3.92. The van der Waals surface area contributed by atoms with Gasteiger partial charge in [-0.05, 0) is 42.0 Å². The zero-order valence-electron chi connectivity index (χ0n) is 10.3. The Morgan fingerprint density at radius 3 is 2.47 bits per heavy atom. The van der Waals surface area contributed by atoms with E-state index in [0.717, 1.165) is 6.07 Å². The Labute approximate surface area is 110 Å². The van der Waals surface area contributed by atoms with Crippen molar-refractivity contribution in [3.63, 3.8) is 0 Å². The largest absolute Gasteiger partial charge is 0.497 e. The van der Waals surface area contributed by atoms with E-state index in [4.69, 9.17) is 4.74 Å². The Morgan fingerprint density at radius 2 is 1.89 bits per heavy atom. The van der Waals surface area contributed by atoms with Gasteiger partial charge < -0.3 is 9.84 Å². The molecule has 0 bridgehead atoms. The topological polar surface area (TPSA) is 46.5 Å². The fourth-order valence-corrected chi connectivity index (χ4v) is 1.74. The van der Waals surface area contributed by atoms with Crippen LogP contribution < -0.4 is 4.74 Å². The van der Waals surface area contributed by atoms with Crippen LogP contribution >= 0.6 is 0 Å². The van der Waals surface area contributed by atoms with Gasteiger partial charge in [0, 0.05) is 5.56 Å². The zero-order valence-corrected chi connectivity index (χ0v) is 10.3. The van der Waals surface area contributed by atoms with Gasteiger partial charge in [0.1, 0.15) is 17.7 Å². The summed E-state index contributed by atoms with van der Waals surface area (Å²) in [5.74, 6) is -0.343. The maximum Gasteiger partial charge on any atom is 0.195 e. The smallest absolute Gasteiger partial charge is 0.195 e. The summed E-state index contributed by atoms with van der Waals surface area (Å²) in [4.78, 5) is 12.0. The number of ketones is 1. The average Bonchev–Trinajstić information content (AvgIpc) is 2.46. The number of benzene rings is 2. The third kappa shape index (κ3) is 2.98. The zero-order chi connectivity index (χ0) is 13.8. The first kappa shape index (κ1) is 13.2. The maximum absolute atomic E-state index is 13.1. The van der Waals surface area contributed by atoms with E-state index in [1.807, 2.05) is 0 Å². The lowest BCUT2D eigenvalue weighted by Gasteiger charge is -2.10. The molecule has 3 nitrogen and oxygen atoms in total. The highest BCUT2D eigenvalue weighted by atomic mass is 19.1. The van der Waals surface area contributed by atoms with Crippen LogP contribution in [0.5, 0.6) is 5.75 Å². The van der Waals surface area contributed by atoms with Crippen LogP contribution in [0.25, 0.3) is 0 Å². The van der Waals surface area contributed by atoms with Gasteiger partial charge in [0.25, 0.3) is 0 Å². The third-order valence-corrected chi connectivity index (χ3v) is 2.79. The first-order chi connectivity index (χ1) is 9.11. The summed E-state index contributed by atoms with van der Waals surface area (Å²) < 4.78 is 18.0. The van der Waals surface area contributed by atoms with Crippen LogP contribution in [0.4, 0.5) is 4.39 Å². The second-order valence-corrected chi connectivity index (χ2v) is 4.05. The minimum absolute atomic E-state index is 0.237. The molecule has 1 unspecified atom stereocenters. The Morgan fingerprint density at radius 1 is 1.21 bits per heavy atom. The van der Waals surface area contributed by atoms with Gasteiger partial charge in [0.15, 0.2) is 5.78 Å². The van der Waals surface area contributed by atoms with E-state index in [2.05, 4.69) is 0 Å². The van der Waals surface area contributed by atoms with Gasteiger partial charge >= 0.3 is 0 Å². The van der Waals surface area contributed by atoms with E-state index in [-0.39, 0.29) is 5.56 Å². The van der Waals surface area contributed by atoms with Crippen LogP contribution in [0.3, 0.4) is 0 Å². The van der Waals surface area contributed by atoms with Crippen molar-refractivity contribution in [3.8, 4) is 5.75 Å². The highest BCUT2D eigenvalue weighted by Crippen LogP contribution is 2.20. The van der Waals surface area contributed by atoms with Gasteiger partial charge in [-0.3, -0.25) is 4.79 Å². The number of methoxy groups -OCH3 is 1. The molecule has 0 spiro atoms. The molecule has 0 saturated heterocycles. The van der Waals surface area contributed by atoms with Gasteiger partial charge in [-0.15, -0.1) is 0 Å². The van der Waals surface area contributed by atoms with Crippen molar-refractivity contribution < 1.29 is 19.0 Å². The molecule has 2 rings (SSSR count). The van der Waals surface area contributed by atoms with Crippen LogP contribution in [-0.4, -0.2) is 18.0 Å². The van der Waals surface area contributed by atoms with Gasteiger partial charge in [-0.1, -0.05) is 12.1 Å². The minimum atomic E-state index is -1.37. The normalized spacial score (nSPS) is 11.9. The predicted octanol–water partition coefficient (Wildman–Crippen LogP) is 2.75. The number of ether oxygens (including phenoxy) is 1. The van der Waals surface area contributed by atoms with Gasteiger partial charge in [-0.25, -0.2) is 4.39 Å². The van der Waals surface area contributed by atoms with Crippen molar-refractivity contribution in [1.82, 2.24) is 0 Å². The standard InChI is InChI=1S/C15H13FO3/c1-19-13-7-5-10(6-8-13)14(17)15(18)11-3-2-4-12(16)9-11/h2-9,15,18H,1H3. The number of rotatable bonds is 4. The van der Waals surface area contributed by atoms with Crippen molar-refractivity contribution in [1.29, 1.82) is 0 Å². The van der Waals surface area contributed by atoms with E-state index in [1.54, 1.807) is 24.3 Å². The number of aliphatic hydroxyl groups excluding tert-OH is 1. The number of Topliss-reactive ketones (excluding diaryl/α,β-unsaturated/α-hetero) is 1. The molecule has 0 aliphatic carbocycles. The summed E-state index contributed by atoms with van der Waals surface area (Å²) in [6.45, 7) is 0. The second kappa shape index (κ2) is 5.63. The number of carbonyl (C=O) groups is 1. The quantitative estimate of drug-likeness (QED) is 0.860. The molecule has 19 heavy (non-hydrogen) atoms. The Bertz CT molecular complexity index is 578. The van der Waals surface area contributed by atoms with Crippen LogP contribution in [0, 0.1) is 5.82 Å². The van der Waals surface area contributed by atoms with E-state index in [1.165, 1.54) is 25.3 Å². The van der Waals surface area contributed by atoms with Gasteiger partial charge in [-0.2, -0.15) is 0 Å². The number of hydrogen-bond acceptors (Lipinski definition) is 3. The van der Waals surface area contributed by atoms with Crippen molar-refractivity contribution >= 4 is 5.78 Å². The molecule has 0 aliphatic heterocycles. The van der Waals surface area contributed by atoms with Crippen LogP contribution in [0.15, 0.2) is 48.5 Å². The summed E-state index contributed by atoms with van der Waals surface area (Å²) in [5.41, 5.74) is 0.582. The molecule has 0 fully saturated rings. The molecule has 4 heteroatoms. The summed E-state index contributed by atoms with van der Waals surface area (Å²) in [6.07, 6.45) is -1.37. The summed E-state index contributed by atoms with van der Waals surface area (Å²) in [5, 5.41) is 9.95. The number of halogens is 1. The van der Waals surface area contributed by atoms with E-state index >= 15 is 0 Å².